The Balaban J connectivity index is 1.97. The van der Waals surface area contributed by atoms with E-state index >= 15 is 0 Å². The molecule has 2 aromatic rings. The number of hydrogen-bond acceptors (Lipinski definition) is 7. The molecule has 130 valence electrons. The maximum absolute atomic E-state index is 11.9. The van der Waals surface area contributed by atoms with E-state index in [0.717, 1.165) is 6.42 Å². The first kappa shape index (κ1) is 16.4. The van der Waals surface area contributed by atoms with Gasteiger partial charge in [0.05, 0.1) is 31.1 Å². The van der Waals surface area contributed by atoms with E-state index in [1.165, 1.54) is 0 Å². The zero-order valence-corrected chi connectivity index (χ0v) is 14.1. The summed E-state index contributed by atoms with van der Waals surface area (Å²) < 4.78 is 12.6. The van der Waals surface area contributed by atoms with Gasteiger partial charge in [-0.3, -0.25) is 9.55 Å². The van der Waals surface area contributed by atoms with Crippen LogP contribution in [-0.4, -0.2) is 51.1 Å². The van der Waals surface area contributed by atoms with Crippen molar-refractivity contribution in [2.45, 2.75) is 39.0 Å². The van der Waals surface area contributed by atoms with Crippen LogP contribution in [-0.2, 0) is 11.3 Å². The first-order valence-electron chi connectivity index (χ1n) is 8.07. The van der Waals surface area contributed by atoms with Crippen molar-refractivity contribution < 1.29 is 9.47 Å². The summed E-state index contributed by atoms with van der Waals surface area (Å²) in [5.41, 5.74) is -0.206. The molecule has 9 heteroatoms. The van der Waals surface area contributed by atoms with E-state index in [1.807, 2.05) is 13.8 Å². The Morgan fingerprint density at radius 2 is 2.21 bits per heavy atom. The molecule has 1 aliphatic heterocycles. The van der Waals surface area contributed by atoms with Gasteiger partial charge in [0.25, 0.3) is 0 Å². The van der Waals surface area contributed by atoms with Gasteiger partial charge in [-0.1, -0.05) is 0 Å². The molecule has 1 saturated heterocycles. The van der Waals surface area contributed by atoms with Crippen LogP contribution in [0.1, 0.15) is 32.1 Å². The summed E-state index contributed by atoms with van der Waals surface area (Å²) in [6.07, 6.45) is 4.03. The van der Waals surface area contributed by atoms with Crippen LogP contribution in [0, 0.1) is 0 Å². The summed E-state index contributed by atoms with van der Waals surface area (Å²) >= 11 is 0. The minimum atomic E-state index is -0.206. The monoisotopic (exact) mass is 334 g/mol. The summed E-state index contributed by atoms with van der Waals surface area (Å²) in [6.45, 7) is 5.55. The summed E-state index contributed by atoms with van der Waals surface area (Å²) in [5.74, 6) is 1.85. The SMILES string of the molecule is CCOc1cncc(N2C[C@@H](OC)C[C@H]2c2n[nH]c(=O)n2CC)n1. The second-order valence-electron chi connectivity index (χ2n) is 5.54. The highest BCUT2D eigenvalue weighted by molar-refractivity contribution is 5.42. The Morgan fingerprint density at radius 3 is 2.92 bits per heavy atom. The van der Waals surface area contributed by atoms with Crippen molar-refractivity contribution in [2.75, 3.05) is 25.2 Å². The van der Waals surface area contributed by atoms with Gasteiger partial charge < -0.3 is 14.4 Å². The van der Waals surface area contributed by atoms with Gasteiger partial charge in [0.2, 0.25) is 5.88 Å². The number of ether oxygens (including phenoxy) is 2. The fraction of sp³-hybridized carbons (Fsp3) is 0.600. The van der Waals surface area contributed by atoms with Crippen molar-refractivity contribution in [2.24, 2.45) is 0 Å². The van der Waals surface area contributed by atoms with Gasteiger partial charge in [0.1, 0.15) is 0 Å². The molecule has 0 aromatic carbocycles. The van der Waals surface area contributed by atoms with E-state index in [4.69, 9.17) is 9.47 Å². The summed E-state index contributed by atoms with van der Waals surface area (Å²) in [4.78, 5) is 22.7. The van der Waals surface area contributed by atoms with Gasteiger partial charge in [-0.15, -0.1) is 0 Å². The van der Waals surface area contributed by atoms with Crippen molar-refractivity contribution in [3.05, 3.63) is 28.7 Å². The molecule has 9 nitrogen and oxygen atoms in total. The molecule has 2 atom stereocenters. The molecule has 0 saturated carbocycles. The van der Waals surface area contributed by atoms with E-state index in [9.17, 15) is 4.79 Å². The summed E-state index contributed by atoms with van der Waals surface area (Å²) in [6, 6.07) is -0.111. The molecule has 0 bridgehead atoms. The van der Waals surface area contributed by atoms with Crippen LogP contribution < -0.4 is 15.3 Å². The Hall–Kier alpha value is -2.42. The first-order valence-corrected chi connectivity index (χ1v) is 8.07. The third-order valence-electron chi connectivity index (χ3n) is 4.18. The van der Waals surface area contributed by atoms with Crippen LogP contribution in [0.25, 0.3) is 0 Å². The Morgan fingerprint density at radius 1 is 1.38 bits per heavy atom. The van der Waals surface area contributed by atoms with Gasteiger partial charge in [0.15, 0.2) is 11.6 Å². The van der Waals surface area contributed by atoms with Crippen LogP contribution in [0.2, 0.25) is 0 Å². The number of aromatic amines is 1. The normalized spacial score (nSPS) is 20.5. The fourth-order valence-electron chi connectivity index (χ4n) is 3.05. The lowest BCUT2D eigenvalue weighted by Gasteiger charge is -2.24. The topological polar surface area (TPSA) is 98.2 Å². The quantitative estimate of drug-likeness (QED) is 0.832. The van der Waals surface area contributed by atoms with Crippen molar-refractivity contribution >= 4 is 5.82 Å². The highest BCUT2D eigenvalue weighted by Gasteiger charge is 2.37. The molecule has 1 N–H and O–H groups in total. The maximum atomic E-state index is 11.9. The number of anilines is 1. The molecule has 1 fully saturated rings. The molecule has 3 heterocycles. The lowest BCUT2D eigenvalue weighted by molar-refractivity contribution is 0.118. The molecule has 24 heavy (non-hydrogen) atoms. The van der Waals surface area contributed by atoms with E-state index in [-0.39, 0.29) is 17.8 Å². The number of hydrogen-bond donors (Lipinski definition) is 1. The highest BCUT2D eigenvalue weighted by atomic mass is 16.5. The standard InChI is InChI=1S/C15H22N6O3/c1-4-20-14(18-19-15(20)22)11-6-10(23-3)9-21(11)12-7-16-8-13(17-12)24-5-2/h7-8,10-11H,4-6,9H2,1-3H3,(H,19,22)/t10-,11-/m0/s1. The minimum Gasteiger partial charge on any atom is -0.477 e. The molecule has 0 unspecified atom stereocenters. The van der Waals surface area contributed by atoms with Crippen LogP contribution in [0.5, 0.6) is 5.88 Å². The van der Waals surface area contributed by atoms with Gasteiger partial charge in [-0.05, 0) is 13.8 Å². The number of rotatable bonds is 6. The molecule has 0 spiro atoms. The van der Waals surface area contributed by atoms with Crippen LogP contribution in [0.3, 0.4) is 0 Å². The average Bonchev–Trinajstić information content (AvgIpc) is 3.18. The van der Waals surface area contributed by atoms with Crippen molar-refractivity contribution in [1.82, 2.24) is 24.7 Å². The lowest BCUT2D eigenvalue weighted by atomic mass is 10.2. The van der Waals surface area contributed by atoms with Gasteiger partial charge in [-0.25, -0.2) is 9.89 Å². The zero-order chi connectivity index (χ0) is 17.1. The molecule has 0 aliphatic carbocycles. The number of nitrogens with one attached hydrogen (secondary N) is 1. The predicted molar refractivity (Wildman–Crippen MR) is 87.2 cm³/mol. The van der Waals surface area contributed by atoms with Crippen LogP contribution >= 0.6 is 0 Å². The predicted octanol–water partition coefficient (Wildman–Crippen LogP) is 0.746. The smallest absolute Gasteiger partial charge is 0.343 e. The number of methoxy groups -OCH3 is 1. The van der Waals surface area contributed by atoms with Gasteiger partial charge in [-0.2, -0.15) is 10.1 Å². The van der Waals surface area contributed by atoms with E-state index < -0.39 is 0 Å². The number of aromatic nitrogens is 5. The van der Waals surface area contributed by atoms with Crippen LogP contribution in [0.15, 0.2) is 17.2 Å². The van der Waals surface area contributed by atoms with Crippen molar-refractivity contribution in [3.8, 4) is 5.88 Å². The number of H-pyrrole nitrogens is 1. The summed E-state index contributed by atoms with van der Waals surface area (Å²) in [5, 5.41) is 6.75. The van der Waals surface area contributed by atoms with Gasteiger partial charge >= 0.3 is 5.69 Å². The Labute approximate surface area is 139 Å². The van der Waals surface area contributed by atoms with E-state index in [0.29, 0.717) is 37.2 Å². The number of nitrogens with zero attached hydrogens (tertiary/aromatic N) is 5. The minimum absolute atomic E-state index is 0.0321. The molecule has 2 aromatic heterocycles. The van der Waals surface area contributed by atoms with Crippen molar-refractivity contribution in [1.29, 1.82) is 0 Å². The molecular weight excluding hydrogens is 312 g/mol. The molecular formula is C15H22N6O3. The second-order valence-corrected chi connectivity index (χ2v) is 5.54. The van der Waals surface area contributed by atoms with Gasteiger partial charge in [0, 0.05) is 26.6 Å². The van der Waals surface area contributed by atoms with Crippen molar-refractivity contribution in [3.63, 3.8) is 0 Å². The largest absolute Gasteiger partial charge is 0.477 e. The molecule has 0 amide bonds. The zero-order valence-electron chi connectivity index (χ0n) is 14.1. The van der Waals surface area contributed by atoms with Crippen LogP contribution in [0.4, 0.5) is 5.82 Å². The lowest BCUT2D eigenvalue weighted by Crippen LogP contribution is -2.29. The Bertz CT molecular complexity index is 743. The molecule has 1 aliphatic rings. The highest BCUT2D eigenvalue weighted by Crippen LogP contribution is 2.35. The van der Waals surface area contributed by atoms with E-state index in [1.54, 1.807) is 24.1 Å². The third-order valence-corrected chi connectivity index (χ3v) is 4.18. The Kier molecular flexibility index (Phi) is 4.79. The second kappa shape index (κ2) is 7.00. The first-order chi connectivity index (χ1) is 11.7. The van der Waals surface area contributed by atoms with E-state index in [2.05, 4.69) is 25.1 Å². The fourth-order valence-corrected chi connectivity index (χ4v) is 3.05. The molecule has 0 radical (unpaired) electrons. The summed E-state index contributed by atoms with van der Waals surface area (Å²) in [7, 11) is 1.69. The third kappa shape index (κ3) is 2.99. The molecule has 3 rings (SSSR count). The maximum Gasteiger partial charge on any atom is 0.343 e. The average molecular weight is 334 g/mol.